The van der Waals surface area contributed by atoms with E-state index in [0.29, 0.717) is 25.9 Å². The average Bonchev–Trinajstić information content (AvgIpc) is 0.826. The van der Waals surface area contributed by atoms with Crippen molar-refractivity contribution in [3.05, 3.63) is 0 Å². The Morgan fingerprint density at radius 2 is 0.383 bits per heavy atom. The summed E-state index contributed by atoms with van der Waals surface area (Å²) in [5.74, 6) is 0. The van der Waals surface area contributed by atoms with Gasteiger partial charge in [0.15, 0.2) is 0 Å². The van der Waals surface area contributed by atoms with Crippen LogP contribution < -0.4 is 5.32 Å². The van der Waals surface area contributed by atoms with Crippen molar-refractivity contribution in [1.82, 2.24) is 10.2 Å². The SMILES string of the molecule is COC(=O)Cl.COC(=O)N1CCC(O)CC1.II(I)I(I)I(I)I(I)I(I)I(I)I(I)I(I)I(I)I(I)I(I)I(I)I(I)I(I)I(I)I(I)I(I)I(I)I(I)I(I)I(I)I(I)I(I)I(I)I(I)I(I)I(I)I(I)I(I)I(I)I(I)I(I)I(I)I(I)I(I)I(I)I(I)I(I)I(I)I(I)I(I)I.OC1CCNCC1. The maximum atomic E-state index is 10.9. The molecular formula is C14H27ClI84N2O6. The molecule has 2 saturated heterocycles. The molecule has 93 heteroatoms. The molecule has 2 aliphatic heterocycles. The fourth-order valence-corrected chi connectivity index (χ4v) is 16300. The molecule has 0 radical (unpaired) electrons. The standard InChI is InChI=1S/C7H13NO3.C5H11NO.C2H3ClO2.I84/c1-11-7(10)8-4-2-6(9)3-5-8;7-5-1-3-6-4-2-5;1-5-2(3)4;1-44(2)46(5)48(7)50(9)52(11)54(13)56(15)58(17)60(19)62(21)64(23)66(25)68(27)70(29)72(31)74(33)76(35)78(37)80(39)82(41)84(43)83(42)81(40)79(38)77(36)75(34)73(32)71(30)69(28)67(26)65(24)63(22)61(20)59(18)57(16)55(14)53(12)51(10)49(8)47(6)45(3)4/h6,9H,2-5H2,1H3;5-7H,1-4H2;1H3;. The predicted molar refractivity (Wildman–Crippen MR) is 1260 cm³/mol. The summed E-state index contributed by atoms with van der Waals surface area (Å²) in [4.78, 5) is 21.9. The predicted octanol–water partition coefficient (Wildman–Crippen LogP) is 75.3. The summed E-state index contributed by atoms with van der Waals surface area (Å²) < 4.78 is 8.41. The molecule has 0 aromatic carbocycles. The molecule has 2 fully saturated rings. The quantitative estimate of drug-likeness (QED) is 0.0414. The number of halogens is 85. The molecule has 0 atom stereocenters. The van der Waals surface area contributed by atoms with Crippen molar-refractivity contribution in [2.75, 3.05) is 40.4 Å². The summed E-state index contributed by atoms with van der Waals surface area (Å²) in [7, 11) is -21.8. The second-order valence-electron chi connectivity index (χ2n) is 11.8. The molecule has 0 aliphatic carbocycles. The largest absolute Gasteiger partial charge is 0.393 e. The molecule has 0 spiro atoms. The van der Waals surface area contributed by atoms with Crippen LogP contribution in [0.5, 0.6) is 0 Å². The number of carbonyl (C=O) groups excluding carboxylic acids is 2. The third kappa shape index (κ3) is 73.9. The second-order valence-corrected chi connectivity index (χ2v) is 2010. The van der Waals surface area contributed by atoms with E-state index in [1.54, 1.807) is 4.90 Å². The number of ether oxygens (including phenoxy) is 2. The Bertz CT molecular complexity index is 2220. The topological polar surface area (TPSA) is 108 Å². The van der Waals surface area contributed by atoms with Gasteiger partial charge in [-0.25, -0.2) is 9.59 Å². The van der Waals surface area contributed by atoms with E-state index in [0.717, 1.165) is 25.9 Å². The molecule has 2 aliphatic rings. The van der Waals surface area contributed by atoms with Crippen molar-refractivity contribution in [2.45, 2.75) is 37.9 Å². The number of rotatable bonds is 40. The molecule has 0 aromatic heterocycles. The fraction of sp³-hybridized carbons (Fsp3) is 0.857. The number of piperidine rings is 2. The minimum Gasteiger partial charge on any atom is -0.393 e. The first kappa shape index (κ1) is 169. The average molecular weight is 11000 g/mol. The summed E-state index contributed by atoms with van der Waals surface area (Å²) in [6.07, 6.45) is 2.62. The smallest absolute Gasteiger partial charge is 0.0564 e. The van der Waals surface area contributed by atoms with Crippen molar-refractivity contribution in [3.63, 3.8) is 0 Å². The number of hydrogen-bond acceptors (Lipinski definition) is 7. The third-order valence-electron chi connectivity index (χ3n) is 6.63. The van der Waals surface area contributed by atoms with E-state index in [1.807, 2.05) is 0 Å². The number of methoxy groups -OCH3 is 2. The van der Waals surface area contributed by atoms with E-state index in [-0.39, 0.29) is 18.3 Å². The summed E-state index contributed by atoms with van der Waals surface area (Å²) in [6, 6.07) is 0. The van der Waals surface area contributed by atoms with Crippen LogP contribution in [0.15, 0.2) is 0 Å². The molecule has 0 saturated carbocycles. The van der Waals surface area contributed by atoms with Crippen molar-refractivity contribution in [3.8, 4) is 0 Å². The van der Waals surface area contributed by atoms with E-state index in [1.165, 1.54) is 14.2 Å². The van der Waals surface area contributed by atoms with Crippen LogP contribution >= 0.6 is 1140 Å². The number of carbonyl (C=O) groups is 2. The second kappa shape index (κ2) is 104. The minimum atomic E-state index is -0.773. The van der Waals surface area contributed by atoms with Gasteiger partial charge in [-0.1, -0.05) is 0 Å². The molecule has 0 bridgehead atoms. The maximum Gasteiger partial charge on any atom is 0.0564 e. The monoisotopic (exact) mass is 11000 g/mol. The summed E-state index contributed by atoms with van der Waals surface area (Å²) in [5, 5.41) is 21.1. The summed E-state index contributed by atoms with van der Waals surface area (Å²) in [6.45, 7) is 3.18. The van der Waals surface area contributed by atoms with Gasteiger partial charge < -0.3 is 29.9 Å². The van der Waals surface area contributed by atoms with Gasteiger partial charge >= 0.3 is 1140 Å². The number of nitrogens with zero attached hydrogens (tertiary/aromatic N) is 1. The van der Waals surface area contributed by atoms with Gasteiger partial charge in [-0.05, 0) is 38.8 Å². The number of amides is 1. The van der Waals surface area contributed by atoms with E-state index in [4.69, 9.17) is 10.2 Å². The van der Waals surface area contributed by atoms with Crippen LogP contribution in [0, 0.1) is 0 Å². The van der Waals surface area contributed by atoms with E-state index < -0.39 is 329 Å². The van der Waals surface area contributed by atoms with Crippen LogP contribution in [-0.4, -0.2) is 79.2 Å². The van der Waals surface area contributed by atoms with Crippen molar-refractivity contribution >= 4 is 1150 Å². The van der Waals surface area contributed by atoms with Gasteiger partial charge in [0, 0.05) is 24.7 Å². The van der Waals surface area contributed by atoms with Gasteiger partial charge in [0.2, 0.25) is 0 Å². The Hall–Kier alpha value is 60.2. The van der Waals surface area contributed by atoms with Crippen molar-refractivity contribution in [1.29, 1.82) is 0 Å². The zero-order valence-corrected chi connectivity index (χ0v) is 227. The van der Waals surface area contributed by atoms with Crippen LogP contribution in [0.4, 0.5) is 9.59 Å². The van der Waals surface area contributed by atoms with Crippen LogP contribution in [0.25, 0.3) is 0 Å². The zero-order valence-electron chi connectivity index (χ0n) is 45.4. The first-order chi connectivity index (χ1) is 49.1. The first-order valence-corrected chi connectivity index (χ1v) is 541. The molecule has 0 unspecified atom stereocenters. The number of nitrogens with one attached hydrogen (secondary N) is 1. The molecule has 2 rings (SSSR count). The molecule has 1 amide bonds. The first-order valence-electron chi connectivity index (χ1n) is 19.4. The maximum absolute atomic E-state index is 10.9. The number of hydrogen-bond donors (Lipinski definition) is 3. The Morgan fingerprint density at radius 1 is 0.262 bits per heavy atom. The summed E-state index contributed by atoms with van der Waals surface area (Å²) in [5.41, 5.74) is -0.773. The van der Waals surface area contributed by atoms with E-state index >= 15 is 0 Å². The van der Waals surface area contributed by atoms with Gasteiger partial charge in [-0.2, -0.15) is 0 Å². The molecule has 107 heavy (non-hydrogen) atoms. The third-order valence-corrected chi connectivity index (χ3v) is 6620. The van der Waals surface area contributed by atoms with Crippen LogP contribution in [0.1, 0.15) is 25.7 Å². The van der Waals surface area contributed by atoms with Crippen LogP contribution in [0.3, 0.4) is 0 Å². The molecule has 3 N–H and O–H groups in total. The number of aliphatic hydroxyl groups is 2. The van der Waals surface area contributed by atoms with Gasteiger partial charge in [-0.3, -0.25) is 0 Å². The number of likely N-dealkylation sites (tertiary alicyclic amines) is 1. The molecular weight excluding hydrogens is 11000 g/mol. The Labute approximate surface area is 1200 Å². The summed E-state index contributed by atoms with van der Waals surface area (Å²) >= 11 is 149. The van der Waals surface area contributed by atoms with Crippen molar-refractivity contribution < 1.29 is 29.3 Å². The zero-order chi connectivity index (χ0) is 84.3. The minimum absolute atomic E-state index is 0.0266. The van der Waals surface area contributed by atoms with Crippen molar-refractivity contribution in [2.24, 2.45) is 0 Å². The molecule has 724 valence electrons. The van der Waals surface area contributed by atoms with Crippen LogP contribution in [0.2, 0.25) is 0 Å². The van der Waals surface area contributed by atoms with E-state index in [2.05, 4.69) is 827 Å². The Morgan fingerprint density at radius 3 is 0.477 bits per heavy atom. The fourth-order valence-electron chi connectivity index (χ4n) is 3.19. The Balaban J connectivity index is 0. The van der Waals surface area contributed by atoms with Crippen LogP contribution in [-0.2, 0) is 9.47 Å². The van der Waals surface area contributed by atoms with Gasteiger partial charge in [-0.15, -0.1) is 0 Å². The normalized spacial score (nSPS) is 19.0. The number of aliphatic hydroxyl groups excluding tert-OH is 2. The molecule has 8 nitrogen and oxygen atoms in total. The Kier molecular flexibility index (Phi) is 164. The van der Waals surface area contributed by atoms with Gasteiger partial charge in [0.25, 0.3) is 0 Å². The van der Waals surface area contributed by atoms with E-state index in [9.17, 15) is 9.59 Å². The molecule has 0 aromatic rings. The molecule has 2 heterocycles. The van der Waals surface area contributed by atoms with Gasteiger partial charge in [0.05, 0.1) is 26.4 Å². The van der Waals surface area contributed by atoms with Gasteiger partial charge in [0.1, 0.15) is 0 Å².